The molecule has 3 nitrogen and oxygen atoms in total. The molecule has 3 aliphatic rings. The quantitative estimate of drug-likeness (QED) is 0.710. The molecule has 0 saturated carbocycles. The molecule has 1 amide bonds. The van der Waals surface area contributed by atoms with E-state index in [0.29, 0.717) is 11.8 Å². The van der Waals surface area contributed by atoms with Crippen molar-refractivity contribution in [2.75, 3.05) is 26.7 Å². The van der Waals surface area contributed by atoms with Gasteiger partial charge in [0.25, 0.3) is 0 Å². The maximum absolute atomic E-state index is 12.7. The van der Waals surface area contributed by atoms with Gasteiger partial charge in [0.05, 0.1) is 5.41 Å². The first-order chi connectivity index (χ1) is 8.66. The molecular formula is C15H24N2O. The monoisotopic (exact) mass is 248 g/mol. The van der Waals surface area contributed by atoms with Crippen LogP contribution in [-0.4, -0.2) is 42.4 Å². The van der Waals surface area contributed by atoms with E-state index in [1.165, 1.54) is 25.0 Å². The van der Waals surface area contributed by atoms with Gasteiger partial charge in [-0.3, -0.25) is 4.79 Å². The molecule has 0 aromatic heterocycles. The Hall–Kier alpha value is -0.990. The maximum atomic E-state index is 12.7. The second kappa shape index (κ2) is 4.29. The topological polar surface area (TPSA) is 23.6 Å². The zero-order valence-electron chi connectivity index (χ0n) is 11.6. The van der Waals surface area contributed by atoms with Gasteiger partial charge in [-0.1, -0.05) is 13.0 Å². The van der Waals surface area contributed by atoms with Gasteiger partial charge in [0.15, 0.2) is 0 Å². The van der Waals surface area contributed by atoms with Gasteiger partial charge < -0.3 is 9.80 Å². The third-order valence-electron chi connectivity index (χ3n) is 5.13. The Balaban J connectivity index is 1.99. The summed E-state index contributed by atoms with van der Waals surface area (Å²) in [5.74, 6) is 0.829. The Bertz CT molecular complexity index is 384. The fourth-order valence-corrected chi connectivity index (χ4v) is 4.22. The molecule has 0 unspecified atom stereocenters. The lowest BCUT2D eigenvalue weighted by molar-refractivity contribution is -0.135. The Labute approximate surface area is 110 Å². The van der Waals surface area contributed by atoms with Crippen molar-refractivity contribution in [1.82, 2.24) is 9.80 Å². The fraction of sp³-hybridized carbons (Fsp3) is 0.800. The SMILES string of the molecule is C[C@H]1CN(C)C(=O)[C@]12CCCC=C2N1CCCC1. The summed E-state index contributed by atoms with van der Waals surface area (Å²) in [6.45, 7) is 5.48. The van der Waals surface area contributed by atoms with Gasteiger partial charge in [0.2, 0.25) is 5.91 Å². The van der Waals surface area contributed by atoms with Gasteiger partial charge in [0, 0.05) is 32.4 Å². The number of likely N-dealkylation sites (tertiary alicyclic amines) is 2. The molecule has 0 aromatic carbocycles. The molecule has 2 heterocycles. The van der Waals surface area contributed by atoms with E-state index in [9.17, 15) is 4.79 Å². The van der Waals surface area contributed by atoms with E-state index in [4.69, 9.17) is 0 Å². The normalized spacial score (nSPS) is 36.7. The molecule has 18 heavy (non-hydrogen) atoms. The van der Waals surface area contributed by atoms with E-state index < -0.39 is 0 Å². The molecule has 3 heteroatoms. The number of hydrogen-bond acceptors (Lipinski definition) is 2. The Kier molecular flexibility index (Phi) is 2.87. The van der Waals surface area contributed by atoms with Crippen LogP contribution >= 0.6 is 0 Å². The first kappa shape index (κ1) is 12.1. The lowest BCUT2D eigenvalue weighted by Crippen LogP contribution is -2.44. The molecule has 0 N–H and O–H groups in total. The van der Waals surface area contributed by atoms with E-state index in [1.54, 1.807) is 0 Å². The van der Waals surface area contributed by atoms with E-state index >= 15 is 0 Å². The fourth-order valence-electron chi connectivity index (χ4n) is 4.22. The molecule has 2 atom stereocenters. The molecule has 0 aromatic rings. The summed E-state index contributed by atoms with van der Waals surface area (Å²) < 4.78 is 0. The Morgan fingerprint density at radius 1 is 1.28 bits per heavy atom. The lowest BCUT2D eigenvalue weighted by atomic mass is 9.68. The van der Waals surface area contributed by atoms with Crippen molar-refractivity contribution in [3.8, 4) is 0 Å². The Morgan fingerprint density at radius 3 is 2.61 bits per heavy atom. The van der Waals surface area contributed by atoms with Gasteiger partial charge in [-0.15, -0.1) is 0 Å². The van der Waals surface area contributed by atoms with E-state index in [-0.39, 0.29) is 5.41 Å². The highest BCUT2D eigenvalue weighted by Crippen LogP contribution is 2.50. The van der Waals surface area contributed by atoms with E-state index in [1.807, 2.05) is 11.9 Å². The van der Waals surface area contributed by atoms with Crippen LogP contribution in [0, 0.1) is 11.3 Å². The summed E-state index contributed by atoms with van der Waals surface area (Å²) in [6, 6.07) is 0. The smallest absolute Gasteiger partial charge is 0.234 e. The molecule has 2 fully saturated rings. The van der Waals surface area contributed by atoms with Crippen LogP contribution in [0.4, 0.5) is 0 Å². The number of carbonyl (C=O) groups excluding carboxylic acids is 1. The predicted molar refractivity (Wildman–Crippen MR) is 72.0 cm³/mol. The Morgan fingerprint density at radius 2 is 2.00 bits per heavy atom. The van der Waals surface area contributed by atoms with Crippen LogP contribution in [0.3, 0.4) is 0 Å². The third kappa shape index (κ3) is 1.52. The molecule has 2 aliphatic heterocycles. The molecule has 0 bridgehead atoms. The number of carbonyl (C=O) groups is 1. The van der Waals surface area contributed by atoms with Crippen molar-refractivity contribution in [3.63, 3.8) is 0 Å². The highest BCUT2D eigenvalue weighted by atomic mass is 16.2. The largest absolute Gasteiger partial charge is 0.374 e. The second-order valence-electron chi connectivity index (χ2n) is 6.23. The standard InChI is InChI=1S/C15H24N2O/c1-12-11-16(2)14(18)15(12)8-4-3-7-13(15)17-9-5-6-10-17/h7,12H,3-6,8-11H2,1-2H3/t12-,15+/m0/s1. The summed E-state index contributed by atoms with van der Waals surface area (Å²) in [5.41, 5.74) is 1.19. The first-order valence-electron chi connectivity index (χ1n) is 7.37. The summed E-state index contributed by atoms with van der Waals surface area (Å²) >= 11 is 0. The van der Waals surface area contributed by atoms with E-state index in [2.05, 4.69) is 17.9 Å². The minimum Gasteiger partial charge on any atom is -0.374 e. The molecule has 1 spiro atoms. The summed E-state index contributed by atoms with van der Waals surface area (Å²) in [5, 5.41) is 0. The molecule has 1 aliphatic carbocycles. The zero-order valence-corrected chi connectivity index (χ0v) is 11.6. The molecule has 0 radical (unpaired) electrons. The number of nitrogens with zero attached hydrogens (tertiary/aromatic N) is 2. The number of amides is 1. The van der Waals surface area contributed by atoms with Crippen LogP contribution in [0.5, 0.6) is 0 Å². The average molecular weight is 248 g/mol. The lowest BCUT2D eigenvalue weighted by Gasteiger charge is -2.41. The van der Waals surface area contributed by atoms with Crippen LogP contribution in [0.2, 0.25) is 0 Å². The van der Waals surface area contributed by atoms with Crippen molar-refractivity contribution in [2.45, 2.75) is 39.0 Å². The summed E-state index contributed by atoms with van der Waals surface area (Å²) in [4.78, 5) is 17.2. The van der Waals surface area contributed by atoms with Gasteiger partial charge in [0.1, 0.15) is 0 Å². The van der Waals surface area contributed by atoms with Gasteiger partial charge >= 0.3 is 0 Å². The molecule has 100 valence electrons. The van der Waals surface area contributed by atoms with E-state index in [0.717, 1.165) is 32.5 Å². The second-order valence-corrected chi connectivity index (χ2v) is 6.23. The number of rotatable bonds is 1. The molecular weight excluding hydrogens is 224 g/mol. The van der Waals surface area contributed by atoms with Crippen molar-refractivity contribution < 1.29 is 4.79 Å². The maximum Gasteiger partial charge on any atom is 0.234 e. The van der Waals surface area contributed by atoms with Crippen molar-refractivity contribution >= 4 is 5.91 Å². The van der Waals surface area contributed by atoms with Gasteiger partial charge in [-0.2, -0.15) is 0 Å². The summed E-state index contributed by atoms with van der Waals surface area (Å²) in [7, 11) is 1.96. The average Bonchev–Trinajstić information content (AvgIpc) is 2.96. The van der Waals surface area contributed by atoms with Crippen molar-refractivity contribution in [2.24, 2.45) is 11.3 Å². The van der Waals surface area contributed by atoms with Gasteiger partial charge in [-0.05, 0) is 38.0 Å². The van der Waals surface area contributed by atoms with Gasteiger partial charge in [-0.25, -0.2) is 0 Å². The van der Waals surface area contributed by atoms with Crippen molar-refractivity contribution in [3.05, 3.63) is 11.8 Å². The first-order valence-corrected chi connectivity index (χ1v) is 7.37. The van der Waals surface area contributed by atoms with Crippen LogP contribution in [-0.2, 0) is 4.79 Å². The van der Waals surface area contributed by atoms with Crippen LogP contribution in [0.1, 0.15) is 39.0 Å². The minimum atomic E-state index is -0.183. The predicted octanol–water partition coefficient (Wildman–Crippen LogP) is 2.24. The number of hydrogen-bond donors (Lipinski definition) is 0. The van der Waals surface area contributed by atoms with Crippen LogP contribution < -0.4 is 0 Å². The zero-order chi connectivity index (χ0) is 12.8. The molecule has 2 saturated heterocycles. The minimum absolute atomic E-state index is 0.183. The summed E-state index contributed by atoms with van der Waals surface area (Å²) in [6.07, 6.45) is 8.30. The van der Waals surface area contributed by atoms with Crippen LogP contribution in [0.25, 0.3) is 0 Å². The third-order valence-corrected chi connectivity index (χ3v) is 5.13. The molecule has 3 rings (SSSR count). The number of allylic oxidation sites excluding steroid dienone is 1. The highest BCUT2D eigenvalue weighted by molar-refractivity contribution is 5.88. The van der Waals surface area contributed by atoms with Crippen molar-refractivity contribution in [1.29, 1.82) is 0 Å². The van der Waals surface area contributed by atoms with Crippen LogP contribution in [0.15, 0.2) is 11.8 Å². The highest BCUT2D eigenvalue weighted by Gasteiger charge is 2.55.